The smallest absolute Gasteiger partial charge is 0.347 e. The molecule has 0 aliphatic heterocycles. The van der Waals surface area contributed by atoms with E-state index in [1.54, 1.807) is 0 Å². The second-order valence-electron chi connectivity index (χ2n) is 3.67. The van der Waals surface area contributed by atoms with Gasteiger partial charge in [0, 0.05) is 13.1 Å². The highest BCUT2D eigenvalue weighted by molar-refractivity contribution is 7.89. The van der Waals surface area contributed by atoms with Gasteiger partial charge in [-0.15, -0.1) is 11.3 Å². The summed E-state index contributed by atoms with van der Waals surface area (Å²) in [5.41, 5.74) is 0. The molecule has 1 aromatic heterocycles. The number of carboxylic acids is 1. The molecule has 16 heavy (non-hydrogen) atoms. The van der Waals surface area contributed by atoms with E-state index in [-0.39, 0.29) is 15.8 Å². The topological polar surface area (TPSA) is 74.7 Å². The molecular weight excluding hydrogens is 250 g/mol. The van der Waals surface area contributed by atoms with Gasteiger partial charge in [-0.2, -0.15) is 4.31 Å². The van der Waals surface area contributed by atoms with E-state index in [4.69, 9.17) is 5.11 Å². The third-order valence-electron chi connectivity index (χ3n) is 2.54. The highest BCUT2D eigenvalue weighted by atomic mass is 32.2. The lowest BCUT2D eigenvalue weighted by molar-refractivity contribution is 0.0698. The minimum Gasteiger partial charge on any atom is -0.477 e. The van der Waals surface area contributed by atoms with Crippen LogP contribution in [0.15, 0.2) is 16.3 Å². The van der Waals surface area contributed by atoms with Crippen LogP contribution in [0.3, 0.4) is 0 Å². The van der Waals surface area contributed by atoms with Crippen LogP contribution in [0.1, 0.15) is 22.5 Å². The molecule has 0 bridgehead atoms. The Hall–Kier alpha value is -0.920. The van der Waals surface area contributed by atoms with Gasteiger partial charge in [0.1, 0.15) is 9.77 Å². The van der Waals surface area contributed by atoms with Crippen LogP contribution in [-0.4, -0.2) is 36.9 Å². The maximum atomic E-state index is 12.1. The lowest BCUT2D eigenvalue weighted by atomic mass is 10.5. The number of rotatable bonds is 4. The molecule has 0 aromatic carbocycles. The van der Waals surface area contributed by atoms with Crippen LogP contribution in [0.25, 0.3) is 0 Å². The average Bonchev–Trinajstić information content (AvgIpc) is 2.92. The van der Waals surface area contributed by atoms with Gasteiger partial charge in [0.2, 0.25) is 10.0 Å². The molecule has 88 valence electrons. The van der Waals surface area contributed by atoms with Crippen LogP contribution in [0.5, 0.6) is 0 Å². The van der Waals surface area contributed by atoms with Crippen molar-refractivity contribution in [3.8, 4) is 0 Å². The molecule has 1 fully saturated rings. The minimum atomic E-state index is -3.65. The van der Waals surface area contributed by atoms with Crippen molar-refractivity contribution >= 4 is 27.3 Å². The predicted molar refractivity (Wildman–Crippen MR) is 59.2 cm³/mol. The number of hydrogen-bond acceptors (Lipinski definition) is 4. The summed E-state index contributed by atoms with van der Waals surface area (Å²) in [6, 6.07) is 1.38. The molecule has 1 aliphatic rings. The van der Waals surface area contributed by atoms with Crippen molar-refractivity contribution in [3.63, 3.8) is 0 Å². The van der Waals surface area contributed by atoms with Crippen LogP contribution in [-0.2, 0) is 10.0 Å². The molecule has 0 spiro atoms. The Morgan fingerprint density at radius 2 is 2.19 bits per heavy atom. The molecule has 0 atom stereocenters. The number of carbonyl (C=O) groups is 1. The van der Waals surface area contributed by atoms with Gasteiger partial charge in [-0.25, -0.2) is 13.2 Å². The third-order valence-corrected chi connectivity index (χ3v) is 5.53. The van der Waals surface area contributed by atoms with Gasteiger partial charge >= 0.3 is 5.97 Å². The first kappa shape index (κ1) is 11.6. The summed E-state index contributed by atoms with van der Waals surface area (Å²) < 4.78 is 25.4. The predicted octanol–water partition coefficient (Wildman–Crippen LogP) is 1.23. The molecule has 1 saturated carbocycles. The summed E-state index contributed by atoms with van der Waals surface area (Å²) in [7, 11) is -2.15. The SMILES string of the molecule is CN(C1CC1)S(=O)(=O)c1ccsc1C(=O)O. The fraction of sp³-hybridized carbons (Fsp3) is 0.444. The molecular formula is C9H11NO4S2. The summed E-state index contributed by atoms with van der Waals surface area (Å²) in [6.45, 7) is 0. The number of nitrogens with zero attached hydrogens (tertiary/aromatic N) is 1. The van der Waals surface area contributed by atoms with Crippen LogP contribution in [0.4, 0.5) is 0 Å². The molecule has 7 heteroatoms. The summed E-state index contributed by atoms with van der Waals surface area (Å²) in [6.07, 6.45) is 1.70. The van der Waals surface area contributed by atoms with Crippen molar-refractivity contribution in [1.29, 1.82) is 0 Å². The highest BCUT2D eigenvalue weighted by Gasteiger charge is 2.37. The zero-order chi connectivity index (χ0) is 11.9. The zero-order valence-electron chi connectivity index (χ0n) is 8.58. The van der Waals surface area contributed by atoms with Gasteiger partial charge in [-0.3, -0.25) is 0 Å². The summed E-state index contributed by atoms with van der Waals surface area (Å²) in [5.74, 6) is -1.20. The van der Waals surface area contributed by atoms with Crippen LogP contribution < -0.4 is 0 Å². The maximum absolute atomic E-state index is 12.1. The molecule has 0 saturated heterocycles. The van der Waals surface area contributed by atoms with Crippen molar-refractivity contribution in [3.05, 3.63) is 16.3 Å². The van der Waals surface area contributed by atoms with Gasteiger partial charge in [-0.05, 0) is 24.3 Å². The van der Waals surface area contributed by atoms with Gasteiger partial charge in [0.05, 0.1) is 0 Å². The third kappa shape index (κ3) is 1.85. The maximum Gasteiger partial charge on any atom is 0.347 e. The lowest BCUT2D eigenvalue weighted by Gasteiger charge is -2.15. The van der Waals surface area contributed by atoms with E-state index in [1.807, 2.05) is 0 Å². The van der Waals surface area contributed by atoms with Crippen molar-refractivity contribution in [2.75, 3.05) is 7.05 Å². The number of sulfonamides is 1. The monoisotopic (exact) mass is 261 g/mol. The minimum absolute atomic E-state index is 0.0338. The van der Waals surface area contributed by atoms with E-state index in [2.05, 4.69) is 0 Å². The van der Waals surface area contributed by atoms with Crippen molar-refractivity contribution in [2.24, 2.45) is 0 Å². The Kier molecular flexibility index (Phi) is 2.77. The number of carboxylic acid groups (broad SMARTS) is 1. The van der Waals surface area contributed by atoms with Crippen molar-refractivity contribution in [2.45, 2.75) is 23.8 Å². The molecule has 2 rings (SSSR count). The first-order valence-corrected chi connectivity index (χ1v) is 7.05. The van der Waals surface area contributed by atoms with E-state index in [0.29, 0.717) is 0 Å². The summed E-state index contributed by atoms with van der Waals surface area (Å²) in [5, 5.41) is 10.4. The normalized spacial score (nSPS) is 16.6. The van der Waals surface area contributed by atoms with E-state index in [9.17, 15) is 13.2 Å². The molecule has 5 nitrogen and oxygen atoms in total. The number of aromatic carboxylic acids is 1. The summed E-state index contributed by atoms with van der Waals surface area (Å²) >= 11 is 0.929. The van der Waals surface area contributed by atoms with E-state index >= 15 is 0 Å². The second kappa shape index (κ2) is 3.83. The quantitative estimate of drug-likeness (QED) is 0.884. The lowest BCUT2D eigenvalue weighted by Crippen LogP contribution is -2.29. The van der Waals surface area contributed by atoms with Crippen molar-refractivity contribution in [1.82, 2.24) is 4.31 Å². The van der Waals surface area contributed by atoms with Crippen molar-refractivity contribution < 1.29 is 18.3 Å². The van der Waals surface area contributed by atoms with Gasteiger partial charge in [-0.1, -0.05) is 0 Å². The fourth-order valence-electron chi connectivity index (χ4n) is 1.45. The van der Waals surface area contributed by atoms with E-state index in [0.717, 1.165) is 24.2 Å². The molecule has 0 unspecified atom stereocenters. The summed E-state index contributed by atoms with van der Waals surface area (Å²) in [4.78, 5) is 10.6. The second-order valence-corrected chi connectivity index (χ2v) is 6.55. The standard InChI is InChI=1S/C9H11NO4S2/c1-10(6-2-3-6)16(13,14)7-4-5-15-8(7)9(11)12/h4-6H,2-3H2,1H3,(H,11,12). The Morgan fingerprint density at radius 3 is 2.69 bits per heavy atom. The molecule has 1 N–H and O–H groups in total. The van der Waals surface area contributed by atoms with Gasteiger partial charge in [0.15, 0.2) is 0 Å². The Labute approximate surface area is 97.4 Å². The molecule has 0 radical (unpaired) electrons. The largest absolute Gasteiger partial charge is 0.477 e. The molecule has 1 aromatic rings. The average molecular weight is 261 g/mol. The van der Waals surface area contributed by atoms with Crippen LogP contribution in [0.2, 0.25) is 0 Å². The zero-order valence-corrected chi connectivity index (χ0v) is 10.2. The molecule has 1 heterocycles. The first-order valence-electron chi connectivity index (χ1n) is 4.73. The highest BCUT2D eigenvalue weighted by Crippen LogP contribution is 2.32. The van der Waals surface area contributed by atoms with Gasteiger partial charge in [0.25, 0.3) is 0 Å². The van der Waals surface area contributed by atoms with Crippen LogP contribution in [0, 0.1) is 0 Å². The fourth-order valence-corrected chi connectivity index (χ4v) is 4.09. The molecule has 1 aliphatic carbocycles. The Bertz CT molecular complexity index is 515. The van der Waals surface area contributed by atoms with E-state index in [1.165, 1.54) is 22.8 Å². The van der Waals surface area contributed by atoms with Crippen LogP contribution >= 0.6 is 11.3 Å². The number of thiophene rings is 1. The van der Waals surface area contributed by atoms with E-state index < -0.39 is 16.0 Å². The first-order chi connectivity index (χ1) is 7.44. The number of hydrogen-bond donors (Lipinski definition) is 1. The molecule has 0 amide bonds. The Balaban J connectivity index is 2.42. The van der Waals surface area contributed by atoms with Gasteiger partial charge < -0.3 is 5.11 Å². The Morgan fingerprint density at radius 1 is 1.56 bits per heavy atom.